The van der Waals surface area contributed by atoms with Crippen molar-refractivity contribution in [3.05, 3.63) is 35.4 Å². The van der Waals surface area contributed by atoms with Crippen LogP contribution in [-0.4, -0.2) is 41.1 Å². The molecule has 3 rings (SSSR count). The molecule has 0 aliphatic carbocycles. The number of amides is 3. The van der Waals surface area contributed by atoms with Crippen molar-refractivity contribution in [3.8, 4) is 0 Å². The highest BCUT2D eigenvalue weighted by molar-refractivity contribution is 6.20. The second kappa shape index (κ2) is 4.58. The summed E-state index contributed by atoms with van der Waals surface area (Å²) in [5.41, 5.74) is 0.324. The molecule has 1 fully saturated rings. The van der Waals surface area contributed by atoms with Gasteiger partial charge in [-0.3, -0.25) is 9.59 Å². The maximum absolute atomic E-state index is 12.0. The molecule has 1 N–H and O–H groups in total. The Kier molecular flexibility index (Phi) is 2.86. The van der Waals surface area contributed by atoms with Gasteiger partial charge in [0.1, 0.15) is 6.10 Å². The minimum absolute atomic E-state index is 0.162. The van der Waals surface area contributed by atoms with Crippen molar-refractivity contribution >= 4 is 23.9 Å². The first-order valence-electron chi connectivity index (χ1n) is 6.16. The molecule has 108 valence electrons. The minimum atomic E-state index is -1.07. The molecular weight excluding hydrogens is 280 g/mol. The Hall–Kier alpha value is -2.90. The van der Waals surface area contributed by atoms with Gasteiger partial charge in [-0.2, -0.15) is 0 Å². The van der Waals surface area contributed by atoms with Crippen molar-refractivity contribution in [1.82, 2.24) is 10.4 Å². The zero-order valence-electron chi connectivity index (χ0n) is 10.9. The summed E-state index contributed by atoms with van der Waals surface area (Å²) in [5.74, 6) is -2.38. The second-order valence-corrected chi connectivity index (χ2v) is 4.59. The highest BCUT2D eigenvalue weighted by atomic mass is 16.7. The summed E-state index contributed by atoms with van der Waals surface area (Å²) in [4.78, 5) is 51.8. The first-order valence-corrected chi connectivity index (χ1v) is 6.16. The van der Waals surface area contributed by atoms with E-state index in [9.17, 15) is 19.2 Å². The molecule has 2 heterocycles. The van der Waals surface area contributed by atoms with Crippen molar-refractivity contribution in [1.29, 1.82) is 0 Å². The summed E-state index contributed by atoms with van der Waals surface area (Å²) < 4.78 is 4.74. The van der Waals surface area contributed by atoms with E-state index < -0.39 is 36.0 Å². The maximum atomic E-state index is 12.0. The van der Waals surface area contributed by atoms with Crippen molar-refractivity contribution in [2.24, 2.45) is 0 Å². The number of ether oxygens (including phenoxy) is 1. The molecule has 0 radical (unpaired) electrons. The van der Waals surface area contributed by atoms with Gasteiger partial charge in [0.2, 0.25) is 0 Å². The Labute approximate surface area is 118 Å². The number of imide groups is 1. The fourth-order valence-electron chi connectivity index (χ4n) is 2.16. The van der Waals surface area contributed by atoms with Crippen molar-refractivity contribution < 1.29 is 28.8 Å². The Bertz CT molecular complexity index is 635. The summed E-state index contributed by atoms with van der Waals surface area (Å²) >= 11 is 0. The smallest absolute Gasteiger partial charge is 0.408 e. The van der Waals surface area contributed by atoms with E-state index in [2.05, 4.69) is 5.32 Å². The largest absolute Gasteiger partial charge is 0.444 e. The average molecular weight is 290 g/mol. The number of hydroxylamine groups is 2. The van der Waals surface area contributed by atoms with Gasteiger partial charge in [0, 0.05) is 0 Å². The highest BCUT2D eigenvalue weighted by Gasteiger charge is 2.43. The lowest BCUT2D eigenvalue weighted by Crippen LogP contribution is -2.44. The Morgan fingerprint density at radius 1 is 1.19 bits per heavy atom. The lowest BCUT2D eigenvalue weighted by molar-refractivity contribution is -0.171. The van der Waals surface area contributed by atoms with Gasteiger partial charge in [-0.25, -0.2) is 9.59 Å². The molecule has 0 saturated carbocycles. The summed E-state index contributed by atoms with van der Waals surface area (Å²) in [6, 6.07) is 5.06. The predicted molar refractivity (Wildman–Crippen MR) is 65.9 cm³/mol. The predicted octanol–water partition coefficient (Wildman–Crippen LogP) is 0.238. The number of benzene rings is 1. The number of cyclic esters (lactones) is 1. The highest BCUT2D eigenvalue weighted by Crippen LogP contribution is 2.23. The molecule has 21 heavy (non-hydrogen) atoms. The molecule has 3 amide bonds. The number of nitrogens with one attached hydrogen (secondary N) is 1. The van der Waals surface area contributed by atoms with Gasteiger partial charge in [0.15, 0.2) is 6.04 Å². The van der Waals surface area contributed by atoms with Crippen LogP contribution < -0.4 is 5.32 Å². The maximum Gasteiger partial charge on any atom is 0.408 e. The third kappa shape index (κ3) is 2.00. The molecule has 0 bridgehead atoms. The van der Waals surface area contributed by atoms with Gasteiger partial charge in [0.25, 0.3) is 11.8 Å². The van der Waals surface area contributed by atoms with Gasteiger partial charge in [-0.05, 0) is 19.1 Å². The number of fused-ring (bicyclic) bond motifs is 1. The second-order valence-electron chi connectivity index (χ2n) is 4.59. The van der Waals surface area contributed by atoms with Gasteiger partial charge in [-0.1, -0.05) is 17.2 Å². The van der Waals surface area contributed by atoms with Crippen LogP contribution >= 0.6 is 0 Å². The van der Waals surface area contributed by atoms with E-state index in [0.717, 1.165) is 0 Å². The van der Waals surface area contributed by atoms with Gasteiger partial charge < -0.3 is 14.9 Å². The summed E-state index contributed by atoms with van der Waals surface area (Å²) in [7, 11) is 0. The third-order valence-electron chi connectivity index (χ3n) is 3.23. The number of alkyl carbamates (subject to hydrolysis) is 1. The minimum Gasteiger partial charge on any atom is -0.444 e. The number of rotatable bonds is 2. The lowest BCUT2D eigenvalue weighted by atomic mass is 10.1. The van der Waals surface area contributed by atoms with Crippen molar-refractivity contribution in [2.75, 3.05) is 0 Å². The van der Waals surface area contributed by atoms with Crippen LogP contribution in [0.15, 0.2) is 24.3 Å². The molecule has 8 heteroatoms. The standard InChI is InChI=1S/C13H10N2O6/c1-6-9(14-13(19)20-6)12(18)21-15-10(16)7-4-2-3-5-8(7)11(15)17/h2-6,9H,1H3,(H,14,19). The summed E-state index contributed by atoms with van der Waals surface area (Å²) in [6.45, 7) is 1.49. The molecule has 0 spiro atoms. The Morgan fingerprint density at radius 3 is 2.24 bits per heavy atom. The molecule has 1 saturated heterocycles. The van der Waals surface area contributed by atoms with Crippen LogP contribution in [0.2, 0.25) is 0 Å². The van der Waals surface area contributed by atoms with Gasteiger partial charge >= 0.3 is 12.1 Å². The van der Waals surface area contributed by atoms with E-state index in [0.29, 0.717) is 5.06 Å². The first-order chi connectivity index (χ1) is 9.99. The molecule has 0 aromatic heterocycles. The number of hydrogen-bond donors (Lipinski definition) is 1. The Morgan fingerprint density at radius 2 is 1.76 bits per heavy atom. The zero-order chi connectivity index (χ0) is 15.1. The third-order valence-corrected chi connectivity index (χ3v) is 3.23. The SMILES string of the molecule is CC1OC(=O)NC1C(=O)ON1C(=O)c2ccccc2C1=O. The average Bonchev–Trinajstić information content (AvgIpc) is 2.92. The molecule has 8 nitrogen and oxygen atoms in total. The molecule has 1 aromatic carbocycles. The molecular formula is C13H10N2O6. The number of nitrogens with zero attached hydrogens (tertiary/aromatic N) is 1. The molecule has 2 aliphatic rings. The molecule has 2 atom stereocenters. The van der Waals surface area contributed by atoms with Crippen LogP contribution in [0.25, 0.3) is 0 Å². The van der Waals surface area contributed by atoms with E-state index in [1.54, 1.807) is 12.1 Å². The normalized spacial score (nSPS) is 23.7. The summed E-state index contributed by atoms with van der Waals surface area (Å²) in [5, 5.41) is 2.64. The van der Waals surface area contributed by atoms with Crippen molar-refractivity contribution in [2.45, 2.75) is 19.1 Å². The van der Waals surface area contributed by atoms with Gasteiger partial charge in [-0.15, -0.1) is 0 Å². The van der Waals surface area contributed by atoms with Crippen LogP contribution in [-0.2, 0) is 14.4 Å². The van der Waals surface area contributed by atoms with Crippen LogP contribution in [0, 0.1) is 0 Å². The lowest BCUT2D eigenvalue weighted by Gasteiger charge is -2.16. The molecule has 2 unspecified atom stereocenters. The molecule has 2 aliphatic heterocycles. The van der Waals surface area contributed by atoms with E-state index in [-0.39, 0.29) is 11.1 Å². The van der Waals surface area contributed by atoms with E-state index in [1.165, 1.54) is 19.1 Å². The van der Waals surface area contributed by atoms with Crippen LogP contribution in [0.1, 0.15) is 27.6 Å². The van der Waals surface area contributed by atoms with Crippen LogP contribution in [0.4, 0.5) is 4.79 Å². The molecule has 1 aromatic rings. The number of hydrogen-bond acceptors (Lipinski definition) is 6. The fraction of sp³-hybridized carbons (Fsp3) is 0.231. The fourth-order valence-corrected chi connectivity index (χ4v) is 2.16. The quantitative estimate of drug-likeness (QED) is 0.783. The van der Waals surface area contributed by atoms with E-state index in [1.807, 2.05) is 0 Å². The van der Waals surface area contributed by atoms with Gasteiger partial charge in [0.05, 0.1) is 11.1 Å². The van der Waals surface area contributed by atoms with E-state index in [4.69, 9.17) is 9.57 Å². The summed E-state index contributed by atoms with van der Waals surface area (Å²) in [6.07, 6.45) is -1.51. The first kappa shape index (κ1) is 13.1. The van der Waals surface area contributed by atoms with E-state index >= 15 is 0 Å². The number of carbonyl (C=O) groups excluding carboxylic acids is 4. The van der Waals surface area contributed by atoms with Crippen LogP contribution in [0.5, 0.6) is 0 Å². The van der Waals surface area contributed by atoms with Crippen LogP contribution in [0.3, 0.4) is 0 Å². The topological polar surface area (TPSA) is 102 Å². The Balaban J connectivity index is 1.78. The zero-order valence-corrected chi connectivity index (χ0v) is 10.9. The monoisotopic (exact) mass is 290 g/mol. The number of carbonyl (C=O) groups is 4. The van der Waals surface area contributed by atoms with Crippen molar-refractivity contribution in [3.63, 3.8) is 0 Å².